The molecular formula is C9H6ClN3O2. The summed E-state index contributed by atoms with van der Waals surface area (Å²) in [5, 5.41) is 10.5. The molecule has 1 aromatic heterocycles. The average molecular weight is 224 g/mol. The number of pyridine rings is 1. The molecule has 1 aromatic carbocycles. The standard InChI is InChI=1S/C9H6ClN3O2/c10-9-8(12-13(14)15)5-6-3-1-2-4-7(6)11-9/h1-5,12H. The van der Waals surface area contributed by atoms with Gasteiger partial charge in [-0.1, -0.05) is 29.8 Å². The molecule has 1 N–H and O–H groups in total. The van der Waals surface area contributed by atoms with Crippen molar-refractivity contribution in [2.24, 2.45) is 0 Å². The Labute approximate surface area is 89.8 Å². The number of halogens is 1. The van der Waals surface area contributed by atoms with Crippen LogP contribution in [0.1, 0.15) is 0 Å². The minimum Gasteiger partial charge on any atom is -0.235 e. The predicted molar refractivity (Wildman–Crippen MR) is 57.4 cm³/mol. The zero-order valence-electron chi connectivity index (χ0n) is 7.48. The molecule has 2 rings (SSSR count). The molecule has 15 heavy (non-hydrogen) atoms. The van der Waals surface area contributed by atoms with Crippen LogP contribution in [-0.2, 0) is 0 Å². The first-order chi connectivity index (χ1) is 7.16. The lowest BCUT2D eigenvalue weighted by molar-refractivity contribution is -0.445. The van der Waals surface area contributed by atoms with E-state index in [1.807, 2.05) is 23.6 Å². The highest BCUT2D eigenvalue weighted by Crippen LogP contribution is 2.24. The Bertz CT molecular complexity index is 530. The van der Waals surface area contributed by atoms with Gasteiger partial charge < -0.3 is 0 Å². The van der Waals surface area contributed by atoms with E-state index >= 15 is 0 Å². The van der Waals surface area contributed by atoms with Crippen molar-refractivity contribution in [2.75, 3.05) is 5.43 Å². The highest BCUT2D eigenvalue weighted by atomic mass is 35.5. The van der Waals surface area contributed by atoms with Gasteiger partial charge in [0.1, 0.15) is 5.69 Å². The van der Waals surface area contributed by atoms with E-state index in [0.29, 0.717) is 5.52 Å². The van der Waals surface area contributed by atoms with Gasteiger partial charge in [0.2, 0.25) is 0 Å². The smallest absolute Gasteiger partial charge is 0.162 e. The second kappa shape index (κ2) is 3.70. The van der Waals surface area contributed by atoms with Gasteiger partial charge in [-0.05, 0) is 12.1 Å². The minimum atomic E-state index is -0.669. The number of fused-ring (bicyclic) bond motifs is 1. The van der Waals surface area contributed by atoms with Crippen LogP contribution in [0.4, 0.5) is 5.69 Å². The summed E-state index contributed by atoms with van der Waals surface area (Å²) in [7, 11) is 0. The Morgan fingerprint density at radius 3 is 2.87 bits per heavy atom. The predicted octanol–water partition coefficient (Wildman–Crippen LogP) is 2.49. The topological polar surface area (TPSA) is 68.1 Å². The summed E-state index contributed by atoms with van der Waals surface area (Å²) in [5.74, 6) is 0. The molecule has 0 saturated carbocycles. The second-order valence-electron chi connectivity index (χ2n) is 2.89. The summed E-state index contributed by atoms with van der Waals surface area (Å²) in [5.41, 5.74) is 2.89. The van der Waals surface area contributed by atoms with Crippen LogP contribution in [0.25, 0.3) is 10.9 Å². The highest BCUT2D eigenvalue weighted by molar-refractivity contribution is 6.32. The van der Waals surface area contributed by atoms with E-state index in [0.717, 1.165) is 5.39 Å². The SMILES string of the molecule is O=[N+]([O-])Nc1cc2ccccc2nc1Cl. The fraction of sp³-hybridized carbons (Fsp3) is 0. The van der Waals surface area contributed by atoms with Crippen LogP contribution in [0.2, 0.25) is 5.15 Å². The maximum absolute atomic E-state index is 10.3. The Hall–Kier alpha value is -1.88. The minimum absolute atomic E-state index is 0.0883. The van der Waals surface area contributed by atoms with E-state index in [1.54, 1.807) is 12.1 Å². The van der Waals surface area contributed by atoms with Crippen LogP contribution in [0.15, 0.2) is 30.3 Å². The van der Waals surface area contributed by atoms with E-state index in [-0.39, 0.29) is 10.8 Å². The van der Waals surface area contributed by atoms with Gasteiger partial charge in [0.25, 0.3) is 0 Å². The van der Waals surface area contributed by atoms with Crippen LogP contribution < -0.4 is 5.43 Å². The molecule has 0 spiro atoms. The maximum atomic E-state index is 10.3. The Balaban J connectivity index is 2.56. The number of anilines is 1. The molecule has 0 bridgehead atoms. The largest absolute Gasteiger partial charge is 0.235 e. The summed E-state index contributed by atoms with van der Waals surface area (Å²) in [6.07, 6.45) is 0. The molecule has 0 aliphatic carbocycles. The molecule has 0 atom stereocenters. The number of para-hydroxylation sites is 1. The first kappa shape index (κ1) is 9.67. The summed E-state index contributed by atoms with van der Waals surface area (Å²) in [6, 6.07) is 8.84. The summed E-state index contributed by atoms with van der Waals surface area (Å²) >= 11 is 5.77. The Kier molecular flexibility index (Phi) is 2.39. The van der Waals surface area contributed by atoms with E-state index in [1.165, 1.54) is 0 Å². The van der Waals surface area contributed by atoms with Crippen LogP contribution in [0.3, 0.4) is 0 Å². The van der Waals surface area contributed by atoms with E-state index in [2.05, 4.69) is 4.98 Å². The number of nitrogens with zero attached hydrogens (tertiary/aromatic N) is 2. The quantitative estimate of drug-likeness (QED) is 0.483. The zero-order valence-corrected chi connectivity index (χ0v) is 8.23. The van der Waals surface area contributed by atoms with Crippen molar-refractivity contribution >= 4 is 28.2 Å². The van der Waals surface area contributed by atoms with Gasteiger partial charge in [0.15, 0.2) is 10.2 Å². The van der Waals surface area contributed by atoms with Crippen molar-refractivity contribution in [3.8, 4) is 0 Å². The van der Waals surface area contributed by atoms with Gasteiger partial charge in [-0.3, -0.25) is 0 Å². The van der Waals surface area contributed by atoms with Crippen molar-refractivity contribution in [3.05, 3.63) is 45.6 Å². The number of rotatable bonds is 2. The lowest BCUT2D eigenvalue weighted by Gasteiger charge is -2.02. The molecular weight excluding hydrogens is 218 g/mol. The number of nitrogens with one attached hydrogen (secondary N) is 1. The molecule has 0 radical (unpaired) electrons. The number of benzene rings is 1. The molecule has 6 heteroatoms. The van der Waals surface area contributed by atoms with E-state index < -0.39 is 5.03 Å². The molecule has 0 amide bonds. The fourth-order valence-electron chi connectivity index (χ4n) is 1.27. The molecule has 0 saturated heterocycles. The summed E-state index contributed by atoms with van der Waals surface area (Å²) < 4.78 is 0. The molecule has 0 aliphatic heterocycles. The van der Waals surface area contributed by atoms with Crippen LogP contribution in [-0.4, -0.2) is 10.0 Å². The molecule has 0 fully saturated rings. The second-order valence-corrected chi connectivity index (χ2v) is 3.25. The normalized spacial score (nSPS) is 10.2. The summed E-state index contributed by atoms with van der Waals surface area (Å²) in [6.45, 7) is 0. The van der Waals surface area contributed by atoms with Gasteiger partial charge in [-0.15, -0.1) is 5.43 Å². The number of aromatic nitrogens is 1. The molecule has 1 heterocycles. The van der Waals surface area contributed by atoms with Crippen molar-refractivity contribution in [2.45, 2.75) is 0 Å². The number of hydrogen-bond acceptors (Lipinski definition) is 3. The van der Waals surface area contributed by atoms with Crippen LogP contribution in [0.5, 0.6) is 0 Å². The molecule has 5 nitrogen and oxygen atoms in total. The lowest BCUT2D eigenvalue weighted by Crippen LogP contribution is -2.08. The van der Waals surface area contributed by atoms with E-state index in [9.17, 15) is 10.1 Å². The third-order valence-electron chi connectivity index (χ3n) is 1.89. The highest BCUT2D eigenvalue weighted by Gasteiger charge is 2.08. The lowest BCUT2D eigenvalue weighted by atomic mass is 10.2. The molecule has 0 aliphatic rings. The van der Waals surface area contributed by atoms with Crippen molar-refractivity contribution in [1.29, 1.82) is 0 Å². The molecule has 2 aromatic rings. The van der Waals surface area contributed by atoms with Crippen LogP contribution in [0, 0.1) is 10.1 Å². The van der Waals surface area contributed by atoms with Gasteiger partial charge in [-0.2, -0.15) is 0 Å². The Morgan fingerprint density at radius 2 is 2.13 bits per heavy atom. The Morgan fingerprint density at radius 1 is 1.40 bits per heavy atom. The molecule has 0 unspecified atom stereocenters. The van der Waals surface area contributed by atoms with Gasteiger partial charge in [0.05, 0.1) is 5.52 Å². The maximum Gasteiger partial charge on any atom is 0.162 e. The van der Waals surface area contributed by atoms with Gasteiger partial charge >= 0.3 is 0 Å². The first-order valence-electron chi connectivity index (χ1n) is 4.13. The van der Waals surface area contributed by atoms with E-state index in [4.69, 9.17) is 11.6 Å². The van der Waals surface area contributed by atoms with Gasteiger partial charge in [0, 0.05) is 5.39 Å². The third-order valence-corrected chi connectivity index (χ3v) is 2.18. The van der Waals surface area contributed by atoms with Crippen molar-refractivity contribution < 1.29 is 5.03 Å². The molecule has 76 valence electrons. The first-order valence-corrected chi connectivity index (χ1v) is 4.51. The third kappa shape index (κ3) is 1.97. The number of hydrazine groups is 1. The monoisotopic (exact) mass is 223 g/mol. The van der Waals surface area contributed by atoms with Crippen molar-refractivity contribution in [1.82, 2.24) is 4.98 Å². The van der Waals surface area contributed by atoms with Gasteiger partial charge in [-0.25, -0.2) is 15.1 Å². The number of hydrogen-bond donors (Lipinski definition) is 1. The zero-order chi connectivity index (χ0) is 10.8. The fourth-order valence-corrected chi connectivity index (χ4v) is 1.46. The van der Waals surface area contributed by atoms with Crippen LogP contribution >= 0.6 is 11.6 Å². The number of nitro groups is 1. The average Bonchev–Trinajstić information content (AvgIpc) is 2.18. The summed E-state index contributed by atoms with van der Waals surface area (Å²) in [4.78, 5) is 14.3. The van der Waals surface area contributed by atoms with Crippen molar-refractivity contribution in [3.63, 3.8) is 0 Å².